The molecule has 0 saturated carbocycles. The smallest absolute Gasteiger partial charge is 0.0669 e. The highest BCUT2D eigenvalue weighted by Gasteiger charge is 2.17. The molecule has 1 aromatic rings. The highest BCUT2D eigenvalue weighted by Crippen LogP contribution is 2.29. The molecule has 0 bridgehead atoms. The summed E-state index contributed by atoms with van der Waals surface area (Å²) in [5, 5.41) is 4.34. The fourth-order valence-electron chi connectivity index (χ4n) is 2.13. The van der Waals surface area contributed by atoms with Crippen LogP contribution in [-0.2, 0) is 11.3 Å². The van der Waals surface area contributed by atoms with Crippen molar-refractivity contribution >= 4 is 23.4 Å². The zero-order valence-electron chi connectivity index (χ0n) is 12.5. The molecule has 1 aliphatic heterocycles. The largest absolute Gasteiger partial charge is 0.377 e. The number of hydrogen-bond donors (Lipinski definition) is 1. The van der Waals surface area contributed by atoms with E-state index < -0.39 is 0 Å². The van der Waals surface area contributed by atoms with Crippen molar-refractivity contribution in [1.29, 1.82) is 0 Å². The zero-order valence-corrected chi connectivity index (χ0v) is 14.1. The average molecular weight is 314 g/mol. The molecule has 1 saturated heterocycles. The average Bonchev–Trinajstić information content (AvgIpc) is 2.87. The minimum Gasteiger partial charge on any atom is -0.377 e. The van der Waals surface area contributed by atoms with E-state index in [9.17, 15) is 0 Å². The number of thioether (sulfide) groups is 1. The summed E-state index contributed by atoms with van der Waals surface area (Å²) in [7, 11) is 0. The van der Waals surface area contributed by atoms with E-state index in [1.54, 1.807) is 0 Å². The molecule has 1 aromatic carbocycles. The highest BCUT2D eigenvalue weighted by molar-refractivity contribution is 7.99. The van der Waals surface area contributed by atoms with Crippen LogP contribution in [0.5, 0.6) is 0 Å². The summed E-state index contributed by atoms with van der Waals surface area (Å²) < 4.78 is 5.69. The molecule has 2 rings (SSSR count). The molecule has 1 aliphatic rings. The van der Waals surface area contributed by atoms with Crippen molar-refractivity contribution in [3.8, 4) is 0 Å². The van der Waals surface area contributed by atoms with Gasteiger partial charge in [0, 0.05) is 34.4 Å². The molecule has 0 spiro atoms. The van der Waals surface area contributed by atoms with Crippen LogP contribution >= 0.6 is 23.4 Å². The molecule has 112 valence electrons. The summed E-state index contributed by atoms with van der Waals surface area (Å²) in [6, 6.07) is 6.16. The Kier molecular flexibility index (Phi) is 5.79. The van der Waals surface area contributed by atoms with Crippen LogP contribution in [0.1, 0.15) is 39.2 Å². The molecular weight excluding hydrogens is 290 g/mol. The first kappa shape index (κ1) is 16.2. The number of nitrogens with one attached hydrogen (secondary N) is 1. The van der Waals surface area contributed by atoms with E-state index in [4.69, 9.17) is 16.3 Å². The van der Waals surface area contributed by atoms with Gasteiger partial charge in [-0.15, -0.1) is 11.8 Å². The molecule has 0 radical (unpaired) electrons. The number of benzene rings is 1. The predicted octanol–water partition coefficient (Wildman–Crippen LogP) is 4.50. The molecule has 0 amide bonds. The Balaban J connectivity index is 1.99. The lowest BCUT2D eigenvalue weighted by Crippen LogP contribution is -2.35. The van der Waals surface area contributed by atoms with Crippen molar-refractivity contribution in [2.24, 2.45) is 0 Å². The van der Waals surface area contributed by atoms with Crippen LogP contribution in [0.3, 0.4) is 0 Å². The van der Waals surface area contributed by atoms with Gasteiger partial charge in [-0.25, -0.2) is 0 Å². The van der Waals surface area contributed by atoms with Crippen LogP contribution in [-0.4, -0.2) is 24.0 Å². The second kappa shape index (κ2) is 7.17. The van der Waals surface area contributed by atoms with E-state index in [0.717, 1.165) is 23.9 Å². The molecule has 0 aliphatic carbocycles. The van der Waals surface area contributed by atoms with E-state index >= 15 is 0 Å². The number of hydrogen-bond acceptors (Lipinski definition) is 3. The molecule has 2 nitrogen and oxygen atoms in total. The third-order valence-electron chi connectivity index (χ3n) is 3.29. The Morgan fingerprint density at radius 2 is 2.20 bits per heavy atom. The van der Waals surface area contributed by atoms with Gasteiger partial charge >= 0.3 is 0 Å². The Labute approximate surface area is 131 Å². The molecule has 20 heavy (non-hydrogen) atoms. The third-order valence-corrected chi connectivity index (χ3v) is 4.75. The van der Waals surface area contributed by atoms with Crippen LogP contribution in [0, 0.1) is 0 Å². The Morgan fingerprint density at radius 1 is 1.40 bits per heavy atom. The standard InChI is InChI=1S/C16H24ClNOS/c1-16(2,3)18-10-12-6-7-13(17)9-15(12)20-11-14-5-4-8-19-14/h6-7,9,14,18H,4-5,8,10-11H2,1-3H3. The Bertz CT molecular complexity index is 439. The maximum Gasteiger partial charge on any atom is 0.0669 e. The topological polar surface area (TPSA) is 21.3 Å². The summed E-state index contributed by atoms with van der Waals surface area (Å²) in [6.07, 6.45) is 2.78. The third kappa shape index (κ3) is 5.28. The van der Waals surface area contributed by atoms with Crippen molar-refractivity contribution < 1.29 is 4.74 Å². The van der Waals surface area contributed by atoms with E-state index in [1.165, 1.54) is 23.3 Å². The van der Waals surface area contributed by atoms with Gasteiger partial charge in [0.25, 0.3) is 0 Å². The van der Waals surface area contributed by atoms with Gasteiger partial charge in [-0.2, -0.15) is 0 Å². The van der Waals surface area contributed by atoms with Gasteiger partial charge in [0.1, 0.15) is 0 Å². The van der Waals surface area contributed by atoms with Crippen molar-refractivity contribution in [3.05, 3.63) is 28.8 Å². The SMILES string of the molecule is CC(C)(C)NCc1ccc(Cl)cc1SCC1CCCO1. The van der Waals surface area contributed by atoms with E-state index in [2.05, 4.69) is 38.2 Å². The van der Waals surface area contributed by atoms with E-state index in [-0.39, 0.29) is 5.54 Å². The summed E-state index contributed by atoms with van der Waals surface area (Å²) in [4.78, 5) is 1.27. The first-order chi connectivity index (χ1) is 9.44. The van der Waals surface area contributed by atoms with Gasteiger partial charge < -0.3 is 10.1 Å². The van der Waals surface area contributed by atoms with Gasteiger partial charge in [-0.05, 0) is 51.3 Å². The molecule has 1 fully saturated rings. The summed E-state index contributed by atoms with van der Waals surface area (Å²) in [5.41, 5.74) is 1.43. The molecular formula is C16H24ClNOS. The monoisotopic (exact) mass is 313 g/mol. The van der Waals surface area contributed by atoms with Crippen LogP contribution in [0.15, 0.2) is 23.1 Å². The minimum absolute atomic E-state index is 0.121. The number of ether oxygens (including phenoxy) is 1. The zero-order chi connectivity index (χ0) is 14.6. The fourth-order valence-corrected chi connectivity index (χ4v) is 3.53. The van der Waals surface area contributed by atoms with Crippen LogP contribution in [0.4, 0.5) is 0 Å². The Hall–Kier alpha value is -0.220. The first-order valence-corrected chi connectivity index (χ1v) is 8.58. The van der Waals surface area contributed by atoms with Crippen LogP contribution < -0.4 is 5.32 Å². The normalized spacial score (nSPS) is 19.5. The molecule has 1 N–H and O–H groups in total. The number of rotatable bonds is 5. The van der Waals surface area contributed by atoms with Gasteiger partial charge in [-0.3, -0.25) is 0 Å². The molecule has 4 heteroatoms. The maximum absolute atomic E-state index is 6.14. The van der Waals surface area contributed by atoms with Crippen molar-refractivity contribution in [3.63, 3.8) is 0 Å². The van der Waals surface area contributed by atoms with Crippen molar-refractivity contribution in [2.45, 2.75) is 56.7 Å². The van der Waals surface area contributed by atoms with Gasteiger partial charge in [0.05, 0.1) is 6.10 Å². The van der Waals surface area contributed by atoms with Crippen molar-refractivity contribution in [2.75, 3.05) is 12.4 Å². The van der Waals surface area contributed by atoms with Crippen LogP contribution in [0.25, 0.3) is 0 Å². The quantitative estimate of drug-likeness (QED) is 0.809. The van der Waals surface area contributed by atoms with E-state index in [0.29, 0.717) is 6.10 Å². The predicted molar refractivity (Wildman–Crippen MR) is 87.7 cm³/mol. The Morgan fingerprint density at radius 3 is 2.85 bits per heavy atom. The fraction of sp³-hybridized carbons (Fsp3) is 0.625. The summed E-state index contributed by atoms with van der Waals surface area (Å²) in [5.74, 6) is 1.02. The lowest BCUT2D eigenvalue weighted by Gasteiger charge is -2.22. The molecule has 1 unspecified atom stereocenters. The maximum atomic E-state index is 6.14. The minimum atomic E-state index is 0.121. The van der Waals surface area contributed by atoms with Crippen LogP contribution in [0.2, 0.25) is 5.02 Å². The van der Waals surface area contributed by atoms with Gasteiger partial charge in [0.15, 0.2) is 0 Å². The number of halogens is 1. The van der Waals surface area contributed by atoms with Crippen molar-refractivity contribution in [1.82, 2.24) is 5.32 Å². The first-order valence-electron chi connectivity index (χ1n) is 7.22. The second-order valence-corrected chi connectivity index (χ2v) is 7.80. The molecule has 1 atom stereocenters. The highest BCUT2D eigenvalue weighted by atomic mass is 35.5. The molecule has 1 heterocycles. The lowest BCUT2D eigenvalue weighted by atomic mass is 10.1. The summed E-state index contributed by atoms with van der Waals surface area (Å²) >= 11 is 8.00. The van der Waals surface area contributed by atoms with Gasteiger partial charge in [-0.1, -0.05) is 17.7 Å². The lowest BCUT2D eigenvalue weighted by molar-refractivity contribution is 0.129. The van der Waals surface area contributed by atoms with Gasteiger partial charge in [0.2, 0.25) is 0 Å². The summed E-state index contributed by atoms with van der Waals surface area (Å²) in [6.45, 7) is 8.33. The van der Waals surface area contributed by atoms with E-state index in [1.807, 2.05) is 17.8 Å². The second-order valence-electron chi connectivity index (χ2n) is 6.30. The molecule has 0 aromatic heterocycles.